The first kappa shape index (κ1) is 27.6. The van der Waals surface area contributed by atoms with Crippen molar-refractivity contribution in [3.05, 3.63) is 148 Å². The molecule has 0 saturated heterocycles. The van der Waals surface area contributed by atoms with Crippen LogP contribution in [-0.4, -0.2) is 26.5 Å². The van der Waals surface area contributed by atoms with Gasteiger partial charge in [-0.3, -0.25) is 19.4 Å². The van der Waals surface area contributed by atoms with E-state index in [4.69, 9.17) is 9.97 Å². The van der Waals surface area contributed by atoms with Crippen molar-refractivity contribution in [3.63, 3.8) is 0 Å². The van der Waals surface area contributed by atoms with Crippen LogP contribution in [0.25, 0.3) is 21.9 Å². The second-order valence-electron chi connectivity index (χ2n) is 11.9. The lowest BCUT2D eigenvalue weighted by Crippen LogP contribution is -2.24. The Morgan fingerprint density at radius 3 is 1.59 bits per heavy atom. The van der Waals surface area contributed by atoms with Crippen molar-refractivity contribution in [2.75, 3.05) is 9.80 Å². The Morgan fingerprint density at radius 2 is 1.04 bits per heavy atom. The Hall–Kier alpha value is -5.95. The molecule has 0 unspecified atom stereocenters. The minimum absolute atomic E-state index is 0.0789. The average molecular weight is 600 g/mol. The molecule has 46 heavy (non-hydrogen) atoms. The number of pyridine rings is 1. The Kier molecular flexibility index (Phi) is 6.18. The fraction of sp³-hybridized carbons (Fsp3) is 0.103. The van der Waals surface area contributed by atoms with E-state index in [2.05, 4.69) is 66.7 Å². The lowest BCUT2D eigenvalue weighted by molar-refractivity contribution is 0.0987. The molecule has 0 fully saturated rings. The highest BCUT2D eigenvalue weighted by atomic mass is 16.2. The van der Waals surface area contributed by atoms with Crippen LogP contribution >= 0.6 is 0 Å². The highest BCUT2D eigenvalue weighted by molar-refractivity contribution is 6.39. The van der Waals surface area contributed by atoms with Crippen molar-refractivity contribution < 1.29 is 9.59 Å². The van der Waals surface area contributed by atoms with Gasteiger partial charge in [0.2, 0.25) is 5.78 Å². The van der Waals surface area contributed by atoms with Crippen molar-refractivity contribution in [1.82, 2.24) is 15.0 Å². The summed E-state index contributed by atoms with van der Waals surface area (Å²) in [7, 11) is 0. The second kappa shape index (κ2) is 10.3. The number of aromatic nitrogens is 3. The Balaban J connectivity index is 1.40. The number of rotatable bonds is 3. The van der Waals surface area contributed by atoms with Crippen LogP contribution in [0, 0.1) is 27.7 Å². The number of Topliss-reactive ketones (excluding diaryl/α,β-unsaturated/α-hetero) is 2. The van der Waals surface area contributed by atoms with Gasteiger partial charge in [-0.1, -0.05) is 66.7 Å². The maximum atomic E-state index is 13.7. The molecule has 7 heteroatoms. The topological polar surface area (TPSA) is 79.3 Å². The zero-order valence-corrected chi connectivity index (χ0v) is 25.9. The molecule has 0 bridgehead atoms. The Labute approximate surface area is 266 Å². The molecule has 1 aliphatic carbocycles. The van der Waals surface area contributed by atoms with E-state index in [0.29, 0.717) is 28.5 Å². The van der Waals surface area contributed by atoms with Gasteiger partial charge in [-0.25, -0.2) is 15.0 Å². The van der Waals surface area contributed by atoms with E-state index < -0.39 is 0 Å². The predicted molar refractivity (Wildman–Crippen MR) is 182 cm³/mol. The van der Waals surface area contributed by atoms with Gasteiger partial charge in [0.25, 0.3) is 0 Å². The molecule has 7 nitrogen and oxygen atoms in total. The number of ketones is 2. The third kappa shape index (κ3) is 4.09. The lowest BCUT2D eigenvalue weighted by atomic mass is 10.1. The van der Waals surface area contributed by atoms with Crippen LogP contribution in [0.15, 0.2) is 115 Å². The first-order valence-electron chi connectivity index (χ1n) is 15.2. The first-order chi connectivity index (χ1) is 22.3. The Bertz CT molecular complexity index is 2170. The second-order valence-corrected chi connectivity index (χ2v) is 11.9. The molecule has 6 aromatic rings. The third-order valence-electron chi connectivity index (χ3n) is 8.81. The van der Waals surface area contributed by atoms with Crippen molar-refractivity contribution >= 4 is 56.5 Å². The van der Waals surface area contributed by atoms with Gasteiger partial charge in [0.1, 0.15) is 11.5 Å². The van der Waals surface area contributed by atoms with E-state index in [-0.39, 0.29) is 22.8 Å². The van der Waals surface area contributed by atoms with Gasteiger partial charge >= 0.3 is 0 Å². The molecule has 0 atom stereocenters. The molecule has 2 aromatic heterocycles. The molecule has 3 heterocycles. The minimum atomic E-state index is -0.377. The number of aryl methyl sites for hydroxylation is 4. The summed E-state index contributed by atoms with van der Waals surface area (Å²) in [6.07, 6.45) is 3.49. The summed E-state index contributed by atoms with van der Waals surface area (Å²) in [5, 5.41) is 0.819. The zero-order chi connectivity index (χ0) is 31.7. The number of allylic oxidation sites excluding steroid dienone is 3. The number of hydrogen-bond donors (Lipinski definition) is 0. The number of hydrogen-bond acceptors (Lipinski definition) is 7. The normalized spacial score (nSPS) is 15.0. The van der Waals surface area contributed by atoms with Crippen molar-refractivity contribution in [2.45, 2.75) is 27.7 Å². The summed E-state index contributed by atoms with van der Waals surface area (Å²) in [4.78, 5) is 46.6. The van der Waals surface area contributed by atoms with Crippen LogP contribution in [0.2, 0.25) is 0 Å². The Morgan fingerprint density at radius 1 is 0.543 bits per heavy atom. The van der Waals surface area contributed by atoms with Crippen LogP contribution in [0.1, 0.15) is 43.1 Å². The number of carbonyl (C=O) groups excluding carboxylic acids is 2. The summed E-state index contributed by atoms with van der Waals surface area (Å²) in [5.41, 5.74) is 8.97. The minimum Gasteiger partial charge on any atom is -0.288 e. The van der Waals surface area contributed by atoms with E-state index in [1.54, 1.807) is 12.1 Å². The van der Waals surface area contributed by atoms with E-state index in [0.717, 1.165) is 50.0 Å². The molecule has 222 valence electrons. The maximum Gasteiger partial charge on any atom is 0.216 e. The van der Waals surface area contributed by atoms with Crippen LogP contribution in [0.4, 0.5) is 23.0 Å². The van der Waals surface area contributed by atoms with E-state index in [1.807, 2.05) is 66.7 Å². The van der Waals surface area contributed by atoms with Crippen molar-refractivity contribution in [1.29, 1.82) is 0 Å². The van der Waals surface area contributed by atoms with Gasteiger partial charge in [0.05, 0.1) is 39.1 Å². The van der Waals surface area contributed by atoms with Crippen LogP contribution in [0.5, 0.6) is 0 Å². The van der Waals surface area contributed by atoms with Gasteiger partial charge in [0.15, 0.2) is 17.4 Å². The van der Waals surface area contributed by atoms with Crippen molar-refractivity contribution in [3.8, 4) is 0 Å². The van der Waals surface area contributed by atoms with Gasteiger partial charge in [0, 0.05) is 5.39 Å². The summed E-state index contributed by atoms with van der Waals surface area (Å²) in [6.45, 7) is 8.30. The SMILES string of the molecule is Cc1cccc(C)c1N1C(=C/C=C2/C(=O)c3cc4ccccc4nc3C2=O)N(c2c(C)cccc2C)c2nc3ccccc3nc21. The monoisotopic (exact) mass is 599 g/mol. The molecule has 0 spiro atoms. The lowest BCUT2D eigenvalue weighted by Gasteiger charge is -2.28. The average Bonchev–Trinajstić information content (AvgIpc) is 3.46. The van der Waals surface area contributed by atoms with Crippen molar-refractivity contribution in [2.24, 2.45) is 0 Å². The summed E-state index contributed by atoms with van der Waals surface area (Å²) in [5.74, 6) is 1.34. The van der Waals surface area contributed by atoms with Crippen LogP contribution in [-0.2, 0) is 0 Å². The van der Waals surface area contributed by atoms with Crippen LogP contribution in [0.3, 0.4) is 0 Å². The maximum absolute atomic E-state index is 13.7. The summed E-state index contributed by atoms with van der Waals surface area (Å²) >= 11 is 0. The molecular weight excluding hydrogens is 570 g/mol. The van der Waals surface area contributed by atoms with Gasteiger partial charge in [-0.15, -0.1) is 0 Å². The van der Waals surface area contributed by atoms with E-state index in [1.165, 1.54) is 0 Å². The first-order valence-corrected chi connectivity index (χ1v) is 15.2. The fourth-order valence-corrected chi connectivity index (χ4v) is 6.65. The molecule has 1 aliphatic heterocycles. The standard InChI is InChI=1S/C39H29N5O2/c1-22-11-9-12-23(2)34(22)43-32(20-19-27-36(45)28-21-26-15-5-6-16-29(26)40-33(28)37(27)46)44(35-24(3)13-10-14-25(35)4)39-38(43)41-30-17-7-8-18-31(30)42-39/h5-21H,1-4H3/b27-19-. The largest absolute Gasteiger partial charge is 0.288 e. The molecule has 4 aromatic carbocycles. The number of anilines is 4. The quantitative estimate of drug-likeness (QED) is 0.149. The predicted octanol–water partition coefficient (Wildman–Crippen LogP) is 8.55. The summed E-state index contributed by atoms with van der Waals surface area (Å²) in [6, 6.07) is 29.5. The fourth-order valence-electron chi connectivity index (χ4n) is 6.65. The number of carbonyl (C=O) groups is 2. The number of fused-ring (bicyclic) bond motifs is 4. The number of para-hydroxylation sites is 5. The highest BCUT2D eigenvalue weighted by Crippen LogP contribution is 2.51. The number of benzene rings is 4. The van der Waals surface area contributed by atoms with Gasteiger partial charge < -0.3 is 0 Å². The molecule has 0 N–H and O–H groups in total. The van der Waals surface area contributed by atoms with Gasteiger partial charge in [-0.2, -0.15) is 0 Å². The molecule has 0 saturated carbocycles. The third-order valence-corrected chi connectivity index (χ3v) is 8.81. The molecule has 8 rings (SSSR count). The molecule has 0 radical (unpaired) electrons. The highest BCUT2D eigenvalue weighted by Gasteiger charge is 2.40. The smallest absolute Gasteiger partial charge is 0.216 e. The van der Waals surface area contributed by atoms with Crippen LogP contribution < -0.4 is 9.80 Å². The van der Waals surface area contributed by atoms with E-state index in [9.17, 15) is 9.59 Å². The molecule has 0 amide bonds. The number of nitrogens with zero attached hydrogens (tertiary/aromatic N) is 5. The zero-order valence-electron chi connectivity index (χ0n) is 25.9. The molecule has 2 aliphatic rings. The summed E-state index contributed by atoms with van der Waals surface area (Å²) < 4.78 is 0. The van der Waals surface area contributed by atoms with E-state index >= 15 is 0 Å². The molecular formula is C39H29N5O2. The van der Waals surface area contributed by atoms with Gasteiger partial charge in [-0.05, 0) is 86.4 Å².